The molecule has 2 N–H and O–H groups in total. The molecule has 2 amide bonds. The average molecular weight is 356 g/mol. The predicted octanol–water partition coefficient (Wildman–Crippen LogP) is 2.32. The molecule has 1 aliphatic heterocycles. The molecular formula is C14H18BrN3O3. The van der Waals surface area contributed by atoms with E-state index in [2.05, 4.69) is 33.1 Å². The first-order chi connectivity index (χ1) is 9.99. The molecule has 7 heteroatoms. The van der Waals surface area contributed by atoms with Crippen molar-refractivity contribution >= 4 is 33.6 Å². The first-order valence-electron chi connectivity index (χ1n) is 6.81. The van der Waals surface area contributed by atoms with Crippen LogP contribution in [0, 0.1) is 0 Å². The van der Waals surface area contributed by atoms with Gasteiger partial charge in [-0.15, -0.1) is 0 Å². The summed E-state index contributed by atoms with van der Waals surface area (Å²) >= 11 is 3.25. The summed E-state index contributed by atoms with van der Waals surface area (Å²) in [5, 5.41) is 11.8. The summed E-state index contributed by atoms with van der Waals surface area (Å²) in [5.41, 5.74) is 0.611. The Morgan fingerprint density at radius 2 is 1.90 bits per heavy atom. The number of nitrogens with zero attached hydrogens (tertiary/aromatic N) is 2. The van der Waals surface area contributed by atoms with Crippen LogP contribution in [0.1, 0.15) is 17.3 Å². The van der Waals surface area contributed by atoms with Gasteiger partial charge >= 0.3 is 12.0 Å². The Morgan fingerprint density at radius 3 is 2.48 bits per heavy atom. The lowest BCUT2D eigenvalue weighted by Crippen LogP contribution is -2.49. The Hall–Kier alpha value is -1.60. The van der Waals surface area contributed by atoms with Gasteiger partial charge < -0.3 is 20.2 Å². The van der Waals surface area contributed by atoms with Gasteiger partial charge in [-0.2, -0.15) is 0 Å². The van der Waals surface area contributed by atoms with Crippen LogP contribution in [0.25, 0.3) is 0 Å². The number of nitrogens with one attached hydrogen (secondary N) is 1. The van der Waals surface area contributed by atoms with Gasteiger partial charge in [-0.3, -0.25) is 0 Å². The van der Waals surface area contributed by atoms with Crippen molar-refractivity contribution in [2.45, 2.75) is 6.92 Å². The van der Waals surface area contributed by atoms with Crippen molar-refractivity contribution in [1.29, 1.82) is 0 Å². The number of carboxylic acids is 1. The van der Waals surface area contributed by atoms with E-state index in [0.29, 0.717) is 23.2 Å². The minimum atomic E-state index is -1.02. The van der Waals surface area contributed by atoms with E-state index in [1.165, 1.54) is 12.1 Å². The first-order valence-corrected chi connectivity index (χ1v) is 7.61. The maximum Gasteiger partial charge on any atom is 0.335 e. The van der Waals surface area contributed by atoms with Crippen LogP contribution in [0.2, 0.25) is 0 Å². The number of halogens is 1. The molecule has 1 aromatic carbocycles. The maximum absolute atomic E-state index is 12.2. The molecule has 114 valence electrons. The number of carbonyl (C=O) groups excluding carboxylic acids is 1. The van der Waals surface area contributed by atoms with Crippen LogP contribution in [-0.2, 0) is 0 Å². The maximum atomic E-state index is 12.2. The van der Waals surface area contributed by atoms with Gasteiger partial charge in [0, 0.05) is 36.3 Å². The van der Waals surface area contributed by atoms with Gasteiger partial charge in [0.25, 0.3) is 0 Å². The highest BCUT2D eigenvalue weighted by atomic mass is 79.9. The van der Waals surface area contributed by atoms with Crippen molar-refractivity contribution < 1.29 is 14.7 Å². The van der Waals surface area contributed by atoms with E-state index in [1.807, 2.05) is 0 Å². The molecule has 1 fully saturated rings. The predicted molar refractivity (Wildman–Crippen MR) is 83.8 cm³/mol. The standard InChI is InChI=1S/C14H18BrN3O3/c1-2-17-3-5-18(6-4-17)14(21)16-12-8-10(13(19)20)7-11(15)9-12/h7-9H,2-6H2,1H3,(H,16,21)(H,19,20). The number of carboxylic acid groups (broad SMARTS) is 1. The summed E-state index contributed by atoms with van der Waals surface area (Å²) in [4.78, 5) is 27.2. The fourth-order valence-electron chi connectivity index (χ4n) is 2.26. The van der Waals surface area contributed by atoms with Gasteiger partial charge in [-0.25, -0.2) is 9.59 Å². The van der Waals surface area contributed by atoms with Gasteiger partial charge in [0.1, 0.15) is 0 Å². The number of rotatable bonds is 3. The molecular weight excluding hydrogens is 338 g/mol. The number of hydrogen-bond acceptors (Lipinski definition) is 3. The van der Waals surface area contributed by atoms with E-state index in [0.717, 1.165) is 19.6 Å². The third-order valence-corrected chi connectivity index (χ3v) is 3.96. The van der Waals surface area contributed by atoms with Gasteiger partial charge in [-0.05, 0) is 24.7 Å². The number of aromatic carboxylic acids is 1. The summed E-state index contributed by atoms with van der Waals surface area (Å²) in [5.74, 6) is -1.02. The van der Waals surface area contributed by atoms with Crippen LogP contribution in [0.3, 0.4) is 0 Å². The molecule has 0 unspecified atom stereocenters. The lowest BCUT2D eigenvalue weighted by molar-refractivity contribution is 0.0696. The number of anilines is 1. The van der Waals surface area contributed by atoms with E-state index in [4.69, 9.17) is 5.11 Å². The second-order valence-electron chi connectivity index (χ2n) is 4.89. The van der Waals surface area contributed by atoms with E-state index in [1.54, 1.807) is 11.0 Å². The van der Waals surface area contributed by atoms with Crippen molar-refractivity contribution in [3.05, 3.63) is 28.2 Å². The topological polar surface area (TPSA) is 72.9 Å². The van der Waals surface area contributed by atoms with Crippen molar-refractivity contribution in [3.63, 3.8) is 0 Å². The van der Waals surface area contributed by atoms with E-state index < -0.39 is 5.97 Å². The average Bonchev–Trinajstić information content (AvgIpc) is 2.46. The van der Waals surface area contributed by atoms with Gasteiger partial charge in [0.15, 0.2) is 0 Å². The lowest BCUT2D eigenvalue weighted by atomic mass is 10.2. The molecule has 0 bridgehead atoms. The number of carbonyl (C=O) groups is 2. The normalized spacial score (nSPS) is 15.8. The Kier molecular flexibility index (Phi) is 5.19. The summed E-state index contributed by atoms with van der Waals surface area (Å²) in [6.07, 6.45) is 0. The Bertz CT molecular complexity index is 542. The van der Waals surface area contributed by atoms with E-state index in [9.17, 15) is 9.59 Å². The third-order valence-electron chi connectivity index (χ3n) is 3.50. The number of piperazine rings is 1. The highest BCUT2D eigenvalue weighted by molar-refractivity contribution is 9.10. The third kappa shape index (κ3) is 4.18. The lowest BCUT2D eigenvalue weighted by Gasteiger charge is -2.34. The molecule has 0 atom stereocenters. The first kappa shape index (κ1) is 15.8. The second-order valence-corrected chi connectivity index (χ2v) is 5.80. The van der Waals surface area contributed by atoms with Crippen molar-refractivity contribution in [2.24, 2.45) is 0 Å². The molecule has 1 saturated heterocycles. The van der Waals surface area contributed by atoms with Crippen molar-refractivity contribution in [1.82, 2.24) is 9.80 Å². The second kappa shape index (κ2) is 6.91. The van der Waals surface area contributed by atoms with Crippen LogP contribution in [-0.4, -0.2) is 59.6 Å². The zero-order valence-electron chi connectivity index (χ0n) is 11.8. The number of benzene rings is 1. The summed E-state index contributed by atoms with van der Waals surface area (Å²) in [6.45, 7) is 6.18. The minimum absolute atomic E-state index is 0.135. The highest BCUT2D eigenvalue weighted by Crippen LogP contribution is 2.20. The van der Waals surface area contributed by atoms with Gasteiger partial charge in [0.2, 0.25) is 0 Å². The zero-order valence-corrected chi connectivity index (χ0v) is 13.4. The number of urea groups is 1. The summed E-state index contributed by atoms with van der Waals surface area (Å²) in [7, 11) is 0. The monoisotopic (exact) mass is 355 g/mol. The van der Waals surface area contributed by atoms with Crippen LogP contribution in [0.5, 0.6) is 0 Å². The molecule has 1 aromatic rings. The Labute approximate surface area is 131 Å². The summed E-state index contributed by atoms with van der Waals surface area (Å²) < 4.78 is 0.619. The molecule has 0 radical (unpaired) electrons. The number of likely N-dealkylation sites (N-methyl/N-ethyl adjacent to an activating group) is 1. The fraction of sp³-hybridized carbons (Fsp3) is 0.429. The number of amides is 2. The molecule has 0 aliphatic carbocycles. The minimum Gasteiger partial charge on any atom is -0.478 e. The molecule has 0 spiro atoms. The quantitative estimate of drug-likeness (QED) is 0.872. The number of hydrogen-bond donors (Lipinski definition) is 2. The molecule has 6 nitrogen and oxygen atoms in total. The zero-order chi connectivity index (χ0) is 15.4. The Morgan fingerprint density at radius 1 is 1.24 bits per heavy atom. The molecule has 21 heavy (non-hydrogen) atoms. The van der Waals surface area contributed by atoms with E-state index >= 15 is 0 Å². The van der Waals surface area contributed by atoms with Crippen LogP contribution < -0.4 is 5.32 Å². The van der Waals surface area contributed by atoms with Crippen molar-refractivity contribution in [2.75, 3.05) is 38.0 Å². The summed E-state index contributed by atoms with van der Waals surface area (Å²) in [6, 6.07) is 4.44. The highest BCUT2D eigenvalue weighted by Gasteiger charge is 2.20. The molecule has 0 aromatic heterocycles. The SMILES string of the molecule is CCN1CCN(C(=O)Nc2cc(Br)cc(C(=O)O)c2)CC1. The van der Waals surface area contributed by atoms with Crippen LogP contribution in [0.4, 0.5) is 10.5 Å². The molecule has 2 rings (SSSR count). The molecule has 1 heterocycles. The fourth-order valence-corrected chi connectivity index (χ4v) is 2.75. The van der Waals surface area contributed by atoms with Gasteiger partial charge in [-0.1, -0.05) is 22.9 Å². The smallest absolute Gasteiger partial charge is 0.335 e. The molecule has 0 saturated carbocycles. The molecule has 1 aliphatic rings. The Balaban J connectivity index is 2.01. The van der Waals surface area contributed by atoms with Crippen LogP contribution >= 0.6 is 15.9 Å². The van der Waals surface area contributed by atoms with Crippen LogP contribution in [0.15, 0.2) is 22.7 Å². The largest absolute Gasteiger partial charge is 0.478 e. The van der Waals surface area contributed by atoms with Crippen molar-refractivity contribution in [3.8, 4) is 0 Å². The van der Waals surface area contributed by atoms with Gasteiger partial charge in [0.05, 0.1) is 5.56 Å². The van der Waals surface area contributed by atoms with E-state index in [-0.39, 0.29) is 11.6 Å².